The van der Waals surface area contributed by atoms with Crippen LogP contribution in [0, 0.1) is 0 Å². The Morgan fingerprint density at radius 2 is 1.15 bits per heavy atom. The van der Waals surface area contributed by atoms with Gasteiger partial charge in [-0.15, -0.1) is 0 Å². The topological polar surface area (TPSA) is 32.6 Å². The standard InChI is InChI=1S/C24H19NO/c26-25-23-13-14-24(23,21-11-9-17-5-1-3-7-19(17)15-21)22-12-10-18-6-2-4-8-20(18)16-22/h1-12,15-16,26H,13-14H2. The minimum atomic E-state index is -0.331. The summed E-state index contributed by atoms with van der Waals surface area (Å²) in [6, 6.07) is 30.0. The molecule has 0 amide bonds. The van der Waals surface area contributed by atoms with Crippen LogP contribution in [-0.4, -0.2) is 10.9 Å². The molecule has 0 heterocycles. The first-order chi connectivity index (χ1) is 12.8. The Morgan fingerprint density at radius 3 is 1.58 bits per heavy atom. The van der Waals surface area contributed by atoms with Crippen LogP contribution in [0.25, 0.3) is 21.5 Å². The maximum atomic E-state index is 9.66. The molecule has 0 atom stereocenters. The molecule has 0 unspecified atom stereocenters. The van der Waals surface area contributed by atoms with Crippen LogP contribution in [0.2, 0.25) is 0 Å². The number of nitrogens with zero attached hydrogens (tertiary/aromatic N) is 1. The van der Waals surface area contributed by atoms with Gasteiger partial charge in [0.25, 0.3) is 0 Å². The zero-order valence-corrected chi connectivity index (χ0v) is 14.4. The van der Waals surface area contributed by atoms with Gasteiger partial charge in [-0.25, -0.2) is 0 Å². The molecule has 4 aromatic carbocycles. The van der Waals surface area contributed by atoms with Gasteiger partial charge in [-0.1, -0.05) is 78.0 Å². The van der Waals surface area contributed by atoms with Gasteiger partial charge >= 0.3 is 0 Å². The maximum absolute atomic E-state index is 9.66. The van der Waals surface area contributed by atoms with Crippen molar-refractivity contribution in [1.29, 1.82) is 0 Å². The average molecular weight is 337 g/mol. The van der Waals surface area contributed by atoms with Crippen LogP contribution < -0.4 is 0 Å². The Kier molecular flexibility index (Phi) is 3.32. The summed E-state index contributed by atoms with van der Waals surface area (Å²) in [6.07, 6.45) is 1.79. The van der Waals surface area contributed by atoms with Gasteiger partial charge in [-0.05, 0) is 57.6 Å². The molecule has 0 spiro atoms. The van der Waals surface area contributed by atoms with Gasteiger partial charge in [-0.3, -0.25) is 0 Å². The second-order valence-corrected chi connectivity index (χ2v) is 7.08. The maximum Gasteiger partial charge on any atom is 0.0720 e. The smallest absolute Gasteiger partial charge is 0.0720 e. The summed E-state index contributed by atoms with van der Waals surface area (Å²) in [5.41, 5.74) is 2.92. The van der Waals surface area contributed by atoms with Crippen LogP contribution in [0.1, 0.15) is 24.0 Å². The van der Waals surface area contributed by atoms with Gasteiger partial charge in [0.2, 0.25) is 0 Å². The molecule has 1 aliphatic carbocycles. The molecule has 5 rings (SSSR count). The molecule has 1 N–H and O–H groups in total. The second-order valence-electron chi connectivity index (χ2n) is 7.08. The number of hydrogen-bond donors (Lipinski definition) is 1. The van der Waals surface area contributed by atoms with Crippen molar-refractivity contribution in [3.05, 3.63) is 96.1 Å². The third-order valence-electron chi connectivity index (χ3n) is 5.83. The molecule has 1 fully saturated rings. The zero-order chi connectivity index (χ0) is 17.6. The molecular formula is C24H19NO. The zero-order valence-electron chi connectivity index (χ0n) is 14.4. The van der Waals surface area contributed by atoms with E-state index in [0.29, 0.717) is 0 Å². The first-order valence-corrected chi connectivity index (χ1v) is 9.01. The Hall–Kier alpha value is -3.13. The molecule has 0 bridgehead atoms. The Labute approximate surface area is 152 Å². The average Bonchev–Trinajstić information content (AvgIpc) is 2.68. The highest BCUT2D eigenvalue weighted by Crippen LogP contribution is 2.48. The summed E-state index contributed by atoms with van der Waals surface area (Å²) in [7, 11) is 0. The molecule has 0 aliphatic heterocycles. The van der Waals surface area contributed by atoms with E-state index in [1.54, 1.807) is 0 Å². The quantitative estimate of drug-likeness (QED) is 0.358. The molecule has 126 valence electrons. The van der Waals surface area contributed by atoms with E-state index in [1.807, 2.05) is 0 Å². The first-order valence-electron chi connectivity index (χ1n) is 9.01. The van der Waals surface area contributed by atoms with Gasteiger partial charge < -0.3 is 5.21 Å². The van der Waals surface area contributed by atoms with Crippen molar-refractivity contribution in [1.82, 2.24) is 0 Å². The van der Waals surface area contributed by atoms with Gasteiger partial charge in [-0.2, -0.15) is 0 Å². The van der Waals surface area contributed by atoms with Gasteiger partial charge in [0.05, 0.1) is 11.1 Å². The van der Waals surface area contributed by atoms with Gasteiger partial charge in [0.15, 0.2) is 0 Å². The van der Waals surface area contributed by atoms with E-state index in [-0.39, 0.29) is 5.41 Å². The summed E-state index contributed by atoms with van der Waals surface area (Å²) in [5, 5.41) is 18.2. The third kappa shape index (κ3) is 2.08. The van der Waals surface area contributed by atoms with Gasteiger partial charge in [0.1, 0.15) is 0 Å². The minimum Gasteiger partial charge on any atom is -0.411 e. The van der Waals surface area contributed by atoms with Crippen LogP contribution in [0.3, 0.4) is 0 Å². The fourth-order valence-electron chi connectivity index (χ4n) is 4.32. The molecule has 4 aromatic rings. The lowest BCUT2D eigenvalue weighted by atomic mass is 9.58. The van der Waals surface area contributed by atoms with Crippen LogP contribution in [0.4, 0.5) is 0 Å². The van der Waals surface area contributed by atoms with E-state index < -0.39 is 0 Å². The first kappa shape index (κ1) is 15.2. The minimum absolute atomic E-state index is 0.331. The molecule has 2 nitrogen and oxygen atoms in total. The third-order valence-corrected chi connectivity index (χ3v) is 5.83. The monoisotopic (exact) mass is 337 g/mol. The van der Waals surface area contributed by atoms with Crippen LogP contribution >= 0.6 is 0 Å². The number of hydrogen-bond acceptors (Lipinski definition) is 2. The lowest BCUT2D eigenvalue weighted by Gasteiger charge is -2.43. The fraction of sp³-hybridized carbons (Fsp3) is 0.125. The van der Waals surface area contributed by atoms with E-state index in [0.717, 1.165) is 18.6 Å². The SMILES string of the molecule is ON=C1CCC1(c1ccc2ccccc2c1)c1ccc2ccccc2c1. The normalized spacial score (nSPS) is 17.5. The van der Waals surface area contributed by atoms with Crippen molar-refractivity contribution < 1.29 is 5.21 Å². The predicted molar refractivity (Wildman–Crippen MR) is 107 cm³/mol. The molecule has 2 heteroatoms. The summed E-state index contributed by atoms with van der Waals surface area (Å²) in [6.45, 7) is 0. The number of benzene rings is 4. The molecule has 1 aliphatic rings. The fourth-order valence-corrected chi connectivity index (χ4v) is 4.32. The van der Waals surface area contributed by atoms with Crippen LogP contribution in [-0.2, 0) is 5.41 Å². The highest BCUT2D eigenvalue weighted by atomic mass is 16.4. The molecule has 0 radical (unpaired) electrons. The van der Waals surface area contributed by atoms with Crippen molar-refractivity contribution in [2.45, 2.75) is 18.3 Å². The molecule has 0 aromatic heterocycles. The summed E-state index contributed by atoms with van der Waals surface area (Å²) >= 11 is 0. The van der Waals surface area contributed by atoms with Crippen molar-refractivity contribution in [2.75, 3.05) is 0 Å². The number of oxime groups is 1. The summed E-state index contributed by atoms with van der Waals surface area (Å²) in [4.78, 5) is 0. The van der Waals surface area contributed by atoms with E-state index in [1.165, 1.54) is 32.7 Å². The Balaban J connectivity index is 1.75. The van der Waals surface area contributed by atoms with Gasteiger partial charge in [0, 0.05) is 0 Å². The largest absolute Gasteiger partial charge is 0.411 e. The van der Waals surface area contributed by atoms with Crippen LogP contribution in [0.15, 0.2) is 90.1 Å². The summed E-state index contributed by atoms with van der Waals surface area (Å²) < 4.78 is 0. The van der Waals surface area contributed by atoms with Crippen LogP contribution in [0.5, 0.6) is 0 Å². The molecular weight excluding hydrogens is 318 g/mol. The van der Waals surface area contributed by atoms with E-state index in [2.05, 4.69) is 90.1 Å². The van der Waals surface area contributed by atoms with E-state index >= 15 is 0 Å². The van der Waals surface area contributed by atoms with Crippen molar-refractivity contribution >= 4 is 27.3 Å². The van der Waals surface area contributed by atoms with E-state index in [4.69, 9.17) is 0 Å². The second kappa shape index (κ2) is 5.70. The van der Waals surface area contributed by atoms with Crippen molar-refractivity contribution in [3.63, 3.8) is 0 Å². The lowest BCUT2D eigenvalue weighted by Crippen LogP contribution is -2.46. The molecule has 1 saturated carbocycles. The highest BCUT2D eigenvalue weighted by molar-refractivity contribution is 6.04. The molecule has 0 saturated heterocycles. The Morgan fingerprint density at radius 1 is 0.654 bits per heavy atom. The lowest BCUT2D eigenvalue weighted by molar-refractivity contribution is 0.304. The van der Waals surface area contributed by atoms with Crippen molar-refractivity contribution in [2.24, 2.45) is 5.16 Å². The van der Waals surface area contributed by atoms with Crippen molar-refractivity contribution in [3.8, 4) is 0 Å². The Bertz CT molecular complexity index is 1080. The summed E-state index contributed by atoms with van der Waals surface area (Å²) in [5.74, 6) is 0. The predicted octanol–water partition coefficient (Wildman–Crippen LogP) is 5.90. The van der Waals surface area contributed by atoms with E-state index in [9.17, 15) is 5.21 Å². The number of fused-ring (bicyclic) bond motifs is 2. The number of rotatable bonds is 2. The highest BCUT2D eigenvalue weighted by Gasteiger charge is 2.47. The molecule has 26 heavy (non-hydrogen) atoms.